The molecule has 1 N–H and O–H groups in total. The van der Waals surface area contributed by atoms with Crippen molar-refractivity contribution in [2.45, 2.75) is 39.3 Å². The summed E-state index contributed by atoms with van der Waals surface area (Å²) in [5.41, 5.74) is 0.877. The summed E-state index contributed by atoms with van der Waals surface area (Å²) in [5, 5.41) is 14.8. The average molecular weight is 308 g/mol. The molecule has 0 saturated heterocycles. The Kier molecular flexibility index (Phi) is 5.52. The molecule has 0 fully saturated rings. The second-order valence-corrected chi connectivity index (χ2v) is 6.17. The molecule has 0 aliphatic rings. The van der Waals surface area contributed by atoms with Gasteiger partial charge >= 0.3 is 5.97 Å². The Labute approximate surface area is 128 Å². The first-order valence-electron chi connectivity index (χ1n) is 7.01. The van der Waals surface area contributed by atoms with Crippen LogP contribution in [0.2, 0.25) is 0 Å². The number of carboxylic acid groups (broad SMARTS) is 1. The fraction of sp³-hybridized carbons (Fsp3) is 0.467. The Hall–Kier alpha value is -1.66. The van der Waals surface area contributed by atoms with Gasteiger partial charge in [0.15, 0.2) is 5.76 Å². The summed E-state index contributed by atoms with van der Waals surface area (Å²) >= 11 is 1.62. The van der Waals surface area contributed by atoms with Crippen LogP contribution in [0.25, 0.3) is 10.6 Å². The quantitative estimate of drug-likeness (QED) is 0.808. The van der Waals surface area contributed by atoms with E-state index >= 15 is 0 Å². The number of hydrogen-bond acceptors (Lipinski definition) is 5. The number of nitrogens with zero attached hydrogens (tertiary/aromatic N) is 2. The van der Waals surface area contributed by atoms with Crippen LogP contribution in [0, 0.1) is 0 Å². The van der Waals surface area contributed by atoms with Crippen molar-refractivity contribution in [2.75, 3.05) is 6.54 Å². The number of carboxylic acids is 1. The summed E-state index contributed by atoms with van der Waals surface area (Å²) in [6, 6.07) is 6.27. The van der Waals surface area contributed by atoms with Crippen LogP contribution in [0.1, 0.15) is 32.4 Å². The Balaban J connectivity index is 1.95. The third-order valence-corrected chi connectivity index (χ3v) is 4.14. The summed E-state index contributed by atoms with van der Waals surface area (Å²) in [7, 11) is 0. The molecule has 6 heteroatoms. The number of rotatable bonds is 8. The van der Waals surface area contributed by atoms with Crippen molar-refractivity contribution in [1.82, 2.24) is 10.1 Å². The van der Waals surface area contributed by atoms with Crippen LogP contribution in [0.3, 0.4) is 0 Å². The maximum absolute atomic E-state index is 10.6. The van der Waals surface area contributed by atoms with Crippen molar-refractivity contribution in [1.29, 1.82) is 0 Å². The molecule has 0 aliphatic carbocycles. The largest absolute Gasteiger partial charge is 0.481 e. The Morgan fingerprint density at radius 2 is 2.33 bits per heavy atom. The van der Waals surface area contributed by atoms with Crippen LogP contribution in [0.5, 0.6) is 0 Å². The third kappa shape index (κ3) is 4.68. The number of aliphatic carboxylic acids is 1. The van der Waals surface area contributed by atoms with Gasteiger partial charge in [0.25, 0.3) is 0 Å². The molecule has 2 heterocycles. The number of aromatic nitrogens is 1. The van der Waals surface area contributed by atoms with Crippen LogP contribution in [-0.4, -0.2) is 33.7 Å². The van der Waals surface area contributed by atoms with Gasteiger partial charge in [-0.3, -0.25) is 9.69 Å². The molecule has 114 valence electrons. The molecule has 0 amide bonds. The second-order valence-electron chi connectivity index (χ2n) is 5.22. The molecule has 0 spiro atoms. The minimum atomic E-state index is -0.750. The first kappa shape index (κ1) is 15.7. The molecular formula is C15H20N2O3S. The second kappa shape index (κ2) is 7.38. The normalized spacial score (nSPS) is 11.4. The zero-order valence-corrected chi connectivity index (χ0v) is 13.1. The van der Waals surface area contributed by atoms with Gasteiger partial charge in [-0.1, -0.05) is 11.2 Å². The van der Waals surface area contributed by atoms with Crippen LogP contribution < -0.4 is 0 Å². The van der Waals surface area contributed by atoms with Crippen LogP contribution in [0.15, 0.2) is 28.1 Å². The molecule has 21 heavy (non-hydrogen) atoms. The molecule has 0 aliphatic heterocycles. The molecule has 0 atom stereocenters. The fourth-order valence-electron chi connectivity index (χ4n) is 2.08. The summed E-state index contributed by atoms with van der Waals surface area (Å²) in [6.07, 6.45) is 0.839. The molecule has 0 radical (unpaired) electrons. The lowest BCUT2D eigenvalue weighted by molar-refractivity contribution is -0.137. The summed E-state index contributed by atoms with van der Waals surface area (Å²) in [5.74, 6) is 0.0364. The molecular weight excluding hydrogens is 288 g/mol. The molecule has 5 nitrogen and oxygen atoms in total. The van der Waals surface area contributed by atoms with E-state index in [9.17, 15) is 4.79 Å². The van der Waals surface area contributed by atoms with Crippen LogP contribution in [-0.2, 0) is 11.3 Å². The topological polar surface area (TPSA) is 66.6 Å². The van der Waals surface area contributed by atoms with Gasteiger partial charge in [0.1, 0.15) is 0 Å². The highest BCUT2D eigenvalue weighted by Crippen LogP contribution is 2.25. The van der Waals surface area contributed by atoms with E-state index in [0.29, 0.717) is 19.0 Å². The smallest absolute Gasteiger partial charge is 0.303 e. The number of thiophene rings is 1. The zero-order valence-electron chi connectivity index (χ0n) is 12.3. The highest BCUT2D eigenvalue weighted by Gasteiger charge is 2.14. The van der Waals surface area contributed by atoms with Crippen LogP contribution in [0.4, 0.5) is 0 Å². The van der Waals surface area contributed by atoms with Crippen molar-refractivity contribution in [3.63, 3.8) is 0 Å². The maximum atomic E-state index is 10.6. The lowest BCUT2D eigenvalue weighted by Crippen LogP contribution is -2.31. The lowest BCUT2D eigenvalue weighted by atomic mass is 10.2. The van der Waals surface area contributed by atoms with Gasteiger partial charge in [-0.2, -0.15) is 0 Å². The molecule has 0 aromatic carbocycles. The summed E-state index contributed by atoms with van der Waals surface area (Å²) in [4.78, 5) is 13.9. The number of carbonyl (C=O) groups is 1. The van der Waals surface area contributed by atoms with E-state index in [4.69, 9.17) is 9.63 Å². The molecule has 2 aromatic heterocycles. The van der Waals surface area contributed by atoms with Crippen LogP contribution >= 0.6 is 11.3 Å². The molecule has 2 rings (SSSR count). The predicted octanol–water partition coefficient (Wildman–Crippen LogP) is 3.48. The van der Waals surface area contributed by atoms with Gasteiger partial charge in [-0.15, -0.1) is 11.3 Å². The van der Waals surface area contributed by atoms with Gasteiger partial charge < -0.3 is 9.63 Å². The maximum Gasteiger partial charge on any atom is 0.303 e. The fourth-order valence-corrected chi connectivity index (χ4v) is 2.76. The Bertz CT molecular complexity index is 563. The first-order chi connectivity index (χ1) is 10.1. The zero-order chi connectivity index (χ0) is 15.2. The lowest BCUT2D eigenvalue weighted by Gasteiger charge is -2.24. The number of hydrogen-bond donors (Lipinski definition) is 1. The predicted molar refractivity (Wildman–Crippen MR) is 82.2 cm³/mol. The summed E-state index contributed by atoms with van der Waals surface area (Å²) in [6.45, 7) is 5.61. The molecule has 2 aromatic rings. The molecule has 0 unspecified atom stereocenters. The Morgan fingerprint density at radius 3 is 2.95 bits per heavy atom. The van der Waals surface area contributed by atoms with Crippen molar-refractivity contribution in [3.05, 3.63) is 29.3 Å². The van der Waals surface area contributed by atoms with E-state index in [1.54, 1.807) is 11.3 Å². The van der Waals surface area contributed by atoms with Gasteiger partial charge in [0, 0.05) is 25.1 Å². The minimum Gasteiger partial charge on any atom is -0.481 e. The van der Waals surface area contributed by atoms with Crippen molar-refractivity contribution in [3.8, 4) is 10.6 Å². The van der Waals surface area contributed by atoms with E-state index in [0.717, 1.165) is 22.9 Å². The molecule has 0 saturated carbocycles. The minimum absolute atomic E-state index is 0.197. The van der Waals surface area contributed by atoms with E-state index in [1.807, 2.05) is 23.6 Å². The highest BCUT2D eigenvalue weighted by atomic mass is 32.1. The third-order valence-electron chi connectivity index (χ3n) is 3.25. The van der Waals surface area contributed by atoms with Gasteiger partial charge in [0.05, 0.1) is 10.6 Å². The first-order valence-corrected chi connectivity index (χ1v) is 7.89. The van der Waals surface area contributed by atoms with E-state index < -0.39 is 5.97 Å². The van der Waals surface area contributed by atoms with Gasteiger partial charge in [-0.05, 0) is 38.3 Å². The summed E-state index contributed by atoms with van der Waals surface area (Å²) < 4.78 is 5.37. The monoisotopic (exact) mass is 308 g/mol. The van der Waals surface area contributed by atoms with Gasteiger partial charge in [-0.25, -0.2) is 0 Å². The van der Waals surface area contributed by atoms with E-state index in [2.05, 4.69) is 23.9 Å². The van der Waals surface area contributed by atoms with Crippen molar-refractivity contribution >= 4 is 17.3 Å². The average Bonchev–Trinajstić information content (AvgIpc) is 3.07. The standard InChI is InChI=1S/C15H20N2O3S/c1-11(2)17(7-3-6-15(18)19)10-12-9-13(20-16-12)14-5-4-8-21-14/h4-5,8-9,11H,3,6-7,10H2,1-2H3,(H,18,19). The van der Waals surface area contributed by atoms with E-state index in [-0.39, 0.29) is 6.42 Å². The highest BCUT2D eigenvalue weighted by molar-refractivity contribution is 7.13. The Morgan fingerprint density at radius 1 is 1.52 bits per heavy atom. The SMILES string of the molecule is CC(C)N(CCCC(=O)O)Cc1cc(-c2cccs2)on1. The van der Waals surface area contributed by atoms with Crippen molar-refractivity contribution < 1.29 is 14.4 Å². The van der Waals surface area contributed by atoms with Gasteiger partial charge in [0.2, 0.25) is 0 Å². The molecule has 0 bridgehead atoms. The van der Waals surface area contributed by atoms with E-state index in [1.165, 1.54) is 0 Å². The van der Waals surface area contributed by atoms with Crippen molar-refractivity contribution in [2.24, 2.45) is 0 Å².